The molecule has 10 nitrogen and oxygen atoms in total. The molecule has 0 amide bonds. The molecule has 0 spiro atoms. The number of nitrogens with zero attached hydrogens (tertiary/aromatic N) is 6. The Labute approximate surface area is 246 Å². The SMILES string of the molecule is COCCn1c(CN2Cc3cn(-c4cccc(OCc5ccc(Cl)cc5F)n4)nc3C2)nc2ccc(C(=O)OC)cc21. The van der Waals surface area contributed by atoms with Crippen molar-refractivity contribution in [3.8, 4) is 11.7 Å². The van der Waals surface area contributed by atoms with Crippen LogP contribution >= 0.6 is 11.6 Å². The average Bonchev–Trinajstić information content (AvgIpc) is 3.66. The lowest BCUT2D eigenvalue weighted by Gasteiger charge is -2.16. The maximum atomic E-state index is 14.1. The highest BCUT2D eigenvalue weighted by Crippen LogP contribution is 2.27. The number of aromatic nitrogens is 5. The van der Waals surface area contributed by atoms with Crippen molar-refractivity contribution in [3.63, 3.8) is 0 Å². The van der Waals surface area contributed by atoms with Gasteiger partial charge in [0.1, 0.15) is 18.2 Å². The minimum Gasteiger partial charge on any atom is -0.473 e. The van der Waals surface area contributed by atoms with E-state index in [1.165, 1.54) is 13.2 Å². The van der Waals surface area contributed by atoms with Gasteiger partial charge in [-0.05, 0) is 36.4 Å². The van der Waals surface area contributed by atoms with Gasteiger partial charge in [0.25, 0.3) is 0 Å². The molecule has 216 valence electrons. The van der Waals surface area contributed by atoms with E-state index >= 15 is 0 Å². The Morgan fingerprint density at radius 2 is 1.95 bits per heavy atom. The van der Waals surface area contributed by atoms with Gasteiger partial charge in [-0.15, -0.1) is 0 Å². The van der Waals surface area contributed by atoms with Crippen molar-refractivity contribution in [2.45, 2.75) is 32.8 Å². The number of pyridine rings is 1. The minimum absolute atomic E-state index is 0.0309. The summed E-state index contributed by atoms with van der Waals surface area (Å²) < 4.78 is 33.9. The Morgan fingerprint density at radius 3 is 2.74 bits per heavy atom. The van der Waals surface area contributed by atoms with Gasteiger partial charge in [-0.25, -0.2) is 18.9 Å². The number of carbonyl (C=O) groups is 1. The zero-order valence-electron chi connectivity index (χ0n) is 23.1. The molecule has 0 N–H and O–H groups in total. The molecule has 2 aromatic carbocycles. The number of methoxy groups -OCH3 is 2. The molecule has 0 fully saturated rings. The first-order valence-electron chi connectivity index (χ1n) is 13.3. The van der Waals surface area contributed by atoms with Crippen LogP contribution in [0.5, 0.6) is 5.88 Å². The van der Waals surface area contributed by atoms with Gasteiger partial charge in [-0.1, -0.05) is 23.7 Å². The highest BCUT2D eigenvalue weighted by molar-refractivity contribution is 6.30. The van der Waals surface area contributed by atoms with Crippen LogP contribution in [0, 0.1) is 5.82 Å². The van der Waals surface area contributed by atoms with E-state index in [2.05, 4.69) is 14.5 Å². The molecule has 0 saturated carbocycles. The highest BCUT2D eigenvalue weighted by atomic mass is 35.5. The van der Waals surface area contributed by atoms with Crippen LogP contribution in [0.1, 0.15) is 33.0 Å². The number of hydrogen-bond acceptors (Lipinski definition) is 8. The van der Waals surface area contributed by atoms with Crippen LogP contribution in [0.4, 0.5) is 4.39 Å². The summed E-state index contributed by atoms with van der Waals surface area (Å²) in [6.07, 6.45) is 1.97. The molecule has 4 heterocycles. The maximum Gasteiger partial charge on any atom is 0.337 e. The Hall–Kier alpha value is -4.32. The number of fused-ring (bicyclic) bond motifs is 2. The normalized spacial score (nSPS) is 13.0. The van der Waals surface area contributed by atoms with E-state index in [0.717, 1.165) is 28.1 Å². The Kier molecular flexibility index (Phi) is 7.88. The first kappa shape index (κ1) is 27.8. The van der Waals surface area contributed by atoms with E-state index in [1.54, 1.807) is 36.1 Å². The smallest absolute Gasteiger partial charge is 0.337 e. The van der Waals surface area contributed by atoms with Gasteiger partial charge in [0.05, 0.1) is 42.6 Å². The predicted molar refractivity (Wildman–Crippen MR) is 153 cm³/mol. The van der Waals surface area contributed by atoms with E-state index in [0.29, 0.717) is 60.6 Å². The number of ether oxygens (including phenoxy) is 3. The van der Waals surface area contributed by atoms with Crippen LogP contribution in [0.15, 0.2) is 60.8 Å². The van der Waals surface area contributed by atoms with Gasteiger partial charge < -0.3 is 18.8 Å². The molecule has 0 radical (unpaired) electrons. The Morgan fingerprint density at radius 1 is 1.07 bits per heavy atom. The number of hydrogen-bond donors (Lipinski definition) is 0. The summed E-state index contributed by atoms with van der Waals surface area (Å²) in [7, 11) is 3.03. The van der Waals surface area contributed by atoms with Crippen molar-refractivity contribution in [1.82, 2.24) is 29.2 Å². The van der Waals surface area contributed by atoms with Crippen molar-refractivity contribution in [2.24, 2.45) is 0 Å². The Balaban J connectivity index is 1.15. The van der Waals surface area contributed by atoms with E-state index < -0.39 is 5.82 Å². The van der Waals surface area contributed by atoms with Crippen LogP contribution < -0.4 is 4.74 Å². The summed E-state index contributed by atoms with van der Waals surface area (Å²) in [5, 5.41) is 5.11. The first-order valence-corrected chi connectivity index (χ1v) is 13.7. The number of halogens is 2. The second-order valence-corrected chi connectivity index (χ2v) is 10.4. The van der Waals surface area contributed by atoms with Crippen molar-refractivity contribution >= 4 is 28.6 Å². The third-order valence-corrected chi connectivity index (χ3v) is 7.35. The number of carbonyl (C=O) groups excluding carboxylic acids is 1. The molecule has 0 saturated heterocycles. The molecule has 0 unspecified atom stereocenters. The molecular weight excluding hydrogens is 563 g/mol. The molecule has 0 bridgehead atoms. The van der Waals surface area contributed by atoms with E-state index in [-0.39, 0.29) is 12.6 Å². The molecule has 6 rings (SSSR count). The van der Waals surface area contributed by atoms with Crippen molar-refractivity contribution in [1.29, 1.82) is 0 Å². The van der Waals surface area contributed by atoms with Crippen molar-refractivity contribution in [3.05, 3.63) is 99.8 Å². The van der Waals surface area contributed by atoms with Gasteiger partial charge >= 0.3 is 5.97 Å². The van der Waals surface area contributed by atoms with Crippen LogP contribution in [0.3, 0.4) is 0 Å². The van der Waals surface area contributed by atoms with Gasteiger partial charge in [0, 0.05) is 55.2 Å². The molecule has 12 heteroatoms. The lowest BCUT2D eigenvalue weighted by atomic mass is 10.2. The quantitative estimate of drug-likeness (QED) is 0.211. The number of rotatable bonds is 10. The molecule has 1 aliphatic rings. The predicted octanol–water partition coefficient (Wildman–Crippen LogP) is 4.94. The van der Waals surface area contributed by atoms with Crippen LogP contribution in [0.25, 0.3) is 16.9 Å². The van der Waals surface area contributed by atoms with E-state index in [1.807, 2.05) is 30.5 Å². The average molecular weight is 591 g/mol. The standard InChI is InChI=1S/C30H28ClFN6O4/c1-40-11-10-37-26-12-19(30(39)41-2)7-9-24(26)33-28(37)17-36-14-21-15-38(35-25(21)16-36)27-4-3-5-29(34-27)42-18-20-6-8-22(31)13-23(20)32/h3-9,12-13,15H,10-11,14,16-18H2,1-2H3. The fourth-order valence-corrected chi connectivity index (χ4v) is 5.18. The minimum atomic E-state index is -0.424. The molecular formula is C30H28ClFN6O4. The first-order chi connectivity index (χ1) is 20.4. The maximum absolute atomic E-state index is 14.1. The number of esters is 1. The third-order valence-electron chi connectivity index (χ3n) is 7.11. The van der Waals surface area contributed by atoms with Gasteiger partial charge in [0.15, 0.2) is 5.82 Å². The zero-order valence-corrected chi connectivity index (χ0v) is 23.8. The molecule has 1 aliphatic heterocycles. The van der Waals surface area contributed by atoms with Gasteiger partial charge in [-0.2, -0.15) is 10.1 Å². The molecule has 42 heavy (non-hydrogen) atoms. The molecule has 3 aromatic heterocycles. The van der Waals surface area contributed by atoms with Crippen LogP contribution in [-0.2, 0) is 42.3 Å². The summed E-state index contributed by atoms with van der Waals surface area (Å²) in [4.78, 5) is 23.8. The fraction of sp³-hybridized carbons (Fsp3) is 0.267. The molecule has 5 aromatic rings. The van der Waals surface area contributed by atoms with E-state index in [9.17, 15) is 9.18 Å². The van der Waals surface area contributed by atoms with Crippen molar-refractivity contribution in [2.75, 3.05) is 20.8 Å². The summed E-state index contributed by atoms with van der Waals surface area (Å²) >= 11 is 5.84. The third kappa shape index (κ3) is 5.71. The summed E-state index contributed by atoms with van der Waals surface area (Å²) in [6, 6.07) is 15.2. The number of imidazole rings is 1. The van der Waals surface area contributed by atoms with Gasteiger partial charge in [-0.3, -0.25) is 4.90 Å². The second-order valence-electron chi connectivity index (χ2n) is 9.92. The summed E-state index contributed by atoms with van der Waals surface area (Å²) in [5.41, 5.74) is 4.59. The monoisotopic (exact) mass is 590 g/mol. The lowest BCUT2D eigenvalue weighted by Crippen LogP contribution is -2.20. The fourth-order valence-electron chi connectivity index (χ4n) is 5.02. The summed E-state index contributed by atoms with van der Waals surface area (Å²) in [6.45, 7) is 3.09. The molecule has 0 atom stereocenters. The van der Waals surface area contributed by atoms with Crippen molar-refractivity contribution < 1.29 is 23.4 Å². The zero-order chi connectivity index (χ0) is 29.2. The van der Waals surface area contributed by atoms with Gasteiger partial charge in [0.2, 0.25) is 5.88 Å². The number of benzene rings is 2. The van der Waals surface area contributed by atoms with Crippen LogP contribution in [-0.4, -0.2) is 56.0 Å². The molecule has 0 aliphatic carbocycles. The largest absolute Gasteiger partial charge is 0.473 e. The summed E-state index contributed by atoms with van der Waals surface area (Å²) in [5.74, 6) is 1.04. The second kappa shape index (κ2) is 11.9. The Bertz CT molecular complexity index is 1750. The topological polar surface area (TPSA) is 96.5 Å². The lowest BCUT2D eigenvalue weighted by molar-refractivity contribution is 0.0601. The highest BCUT2D eigenvalue weighted by Gasteiger charge is 2.25. The van der Waals surface area contributed by atoms with Crippen LogP contribution in [0.2, 0.25) is 5.02 Å². The van der Waals surface area contributed by atoms with E-state index in [4.69, 9.17) is 35.9 Å².